The van der Waals surface area contributed by atoms with E-state index in [1.54, 1.807) is 12.1 Å². The molecule has 0 spiro atoms. The van der Waals surface area contributed by atoms with Crippen molar-refractivity contribution in [1.29, 1.82) is 0 Å². The maximum Gasteiger partial charge on any atom is 0.410 e. The van der Waals surface area contributed by atoms with E-state index >= 15 is 0 Å². The molecule has 120 valence electrons. The molecule has 2 rings (SSSR count). The summed E-state index contributed by atoms with van der Waals surface area (Å²) >= 11 is 0. The number of carbonyl (C=O) groups excluding carboxylic acids is 2. The first-order chi connectivity index (χ1) is 10.5. The van der Waals surface area contributed by atoms with Crippen molar-refractivity contribution in [3.63, 3.8) is 0 Å². The van der Waals surface area contributed by atoms with E-state index in [2.05, 4.69) is 5.32 Å². The van der Waals surface area contributed by atoms with Gasteiger partial charge in [-0.05, 0) is 30.9 Å². The second kappa shape index (κ2) is 7.24. The molecule has 1 aliphatic rings. The molecule has 1 saturated heterocycles. The van der Waals surface area contributed by atoms with Crippen LogP contribution in [0.15, 0.2) is 24.3 Å². The largest absolute Gasteiger partial charge is 0.449 e. The Labute approximate surface area is 129 Å². The predicted molar refractivity (Wildman–Crippen MR) is 80.9 cm³/mol. The number of hydrogen-bond donors (Lipinski definition) is 1. The van der Waals surface area contributed by atoms with Crippen LogP contribution in [0.2, 0.25) is 0 Å². The lowest BCUT2D eigenvalue weighted by Crippen LogP contribution is -2.43. The maximum atomic E-state index is 13.6. The Kier molecular flexibility index (Phi) is 5.35. The third kappa shape index (κ3) is 3.96. The third-order valence-electron chi connectivity index (χ3n) is 3.46. The number of ether oxygens (including phenoxy) is 1. The summed E-state index contributed by atoms with van der Waals surface area (Å²) in [6, 6.07) is 5.35. The number of hydrogen-bond acceptors (Lipinski definition) is 3. The van der Waals surface area contributed by atoms with Gasteiger partial charge in [-0.1, -0.05) is 26.0 Å². The van der Waals surface area contributed by atoms with E-state index in [0.717, 1.165) is 6.42 Å². The molecule has 5 nitrogen and oxygen atoms in total. The lowest BCUT2D eigenvalue weighted by atomic mass is 10.2. The summed E-state index contributed by atoms with van der Waals surface area (Å²) in [5, 5.41) is 2.54. The number of nitrogens with zero attached hydrogens (tertiary/aromatic N) is 1. The van der Waals surface area contributed by atoms with Crippen molar-refractivity contribution in [3.8, 4) is 0 Å². The van der Waals surface area contributed by atoms with Crippen LogP contribution >= 0.6 is 0 Å². The summed E-state index contributed by atoms with van der Waals surface area (Å²) < 4.78 is 18.8. The molecule has 1 N–H and O–H groups in total. The van der Waals surface area contributed by atoms with Crippen molar-refractivity contribution in [1.82, 2.24) is 4.90 Å². The molecule has 0 saturated carbocycles. The van der Waals surface area contributed by atoms with Gasteiger partial charge < -0.3 is 10.1 Å². The zero-order valence-electron chi connectivity index (χ0n) is 12.8. The number of likely N-dealkylation sites (tertiary alicyclic amines) is 1. The molecule has 1 aromatic rings. The van der Waals surface area contributed by atoms with Gasteiger partial charge in [0.25, 0.3) is 0 Å². The van der Waals surface area contributed by atoms with Gasteiger partial charge in [0.1, 0.15) is 11.9 Å². The molecule has 0 unspecified atom stereocenters. The lowest BCUT2D eigenvalue weighted by Gasteiger charge is -2.23. The lowest BCUT2D eigenvalue weighted by molar-refractivity contribution is -0.120. The van der Waals surface area contributed by atoms with Crippen LogP contribution in [0, 0.1) is 11.7 Å². The molecule has 1 atom stereocenters. The number of halogens is 1. The minimum atomic E-state index is -0.612. The average molecular weight is 308 g/mol. The molecule has 0 aliphatic carbocycles. The number of rotatable bonds is 4. The Morgan fingerprint density at radius 1 is 1.41 bits per heavy atom. The van der Waals surface area contributed by atoms with Gasteiger partial charge in [0, 0.05) is 6.54 Å². The van der Waals surface area contributed by atoms with E-state index in [-0.39, 0.29) is 17.5 Å². The number of anilines is 1. The highest BCUT2D eigenvalue weighted by Crippen LogP contribution is 2.21. The first-order valence-corrected chi connectivity index (χ1v) is 7.48. The first kappa shape index (κ1) is 16.3. The van der Waals surface area contributed by atoms with Crippen LogP contribution in [0.1, 0.15) is 26.7 Å². The van der Waals surface area contributed by atoms with Crippen LogP contribution in [-0.2, 0) is 9.53 Å². The highest BCUT2D eigenvalue weighted by atomic mass is 19.1. The summed E-state index contributed by atoms with van der Waals surface area (Å²) in [6.45, 7) is 4.68. The molecule has 0 aromatic heterocycles. The zero-order valence-corrected chi connectivity index (χ0v) is 12.8. The zero-order chi connectivity index (χ0) is 16.1. The summed E-state index contributed by atoms with van der Waals surface area (Å²) in [5.41, 5.74) is 0.120. The number of amides is 2. The second-order valence-corrected chi connectivity index (χ2v) is 5.79. The molecule has 0 bridgehead atoms. The van der Waals surface area contributed by atoms with E-state index < -0.39 is 18.0 Å². The van der Waals surface area contributed by atoms with Crippen molar-refractivity contribution in [2.75, 3.05) is 18.5 Å². The number of benzene rings is 1. The fourth-order valence-corrected chi connectivity index (χ4v) is 2.36. The molecular weight excluding hydrogens is 287 g/mol. The summed E-state index contributed by atoms with van der Waals surface area (Å²) in [4.78, 5) is 25.7. The van der Waals surface area contributed by atoms with Crippen LogP contribution in [0.4, 0.5) is 14.9 Å². The van der Waals surface area contributed by atoms with Gasteiger partial charge in [-0.3, -0.25) is 9.69 Å². The molecule has 1 heterocycles. The quantitative estimate of drug-likeness (QED) is 0.930. The van der Waals surface area contributed by atoms with Crippen LogP contribution < -0.4 is 5.32 Å². The fraction of sp³-hybridized carbons (Fsp3) is 0.500. The van der Waals surface area contributed by atoms with Gasteiger partial charge in [0.2, 0.25) is 5.91 Å². The molecule has 22 heavy (non-hydrogen) atoms. The Morgan fingerprint density at radius 3 is 2.82 bits per heavy atom. The molecule has 2 amide bonds. The second-order valence-electron chi connectivity index (χ2n) is 5.79. The number of carbonyl (C=O) groups is 2. The Balaban J connectivity index is 1.99. The van der Waals surface area contributed by atoms with E-state index in [0.29, 0.717) is 19.6 Å². The van der Waals surface area contributed by atoms with Gasteiger partial charge in [0.05, 0.1) is 12.3 Å². The number of nitrogens with one attached hydrogen (secondary N) is 1. The van der Waals surface area contributed by atoms with Crippen LogP contribution in [-0.4, -0.2) is 36.1 Å². The van der Waals surface area contributed by atoms with Gasteiger partial charge in [-0.2, -0.15) is 0 Å². The van der Waals surface area contributed by atoms with E-state index in [4.69, 9.17) is 4.74 Å². The van der Waals surface area contributed by atoms with Gasteiger partial charge in [-0.25, -0.2) is 9.18 Å². The molecule has 6 heteroatoms. The van der Waals surface area contributed by atoms with Crippen LogP contribution in [0.3, 0.4) is 0 Å². The highest BCUT2D eigenvalue weighted by molar-refractivity contribution is 5.96. The first-order valence-electron chi connectivity index (χ1n) is 7.48. The standard InChI is InChI=1S/C16H21FN2O3/c1-11(2)10-22-16(21)19-9-5-8-14(19)15(20)18-13-7-4-3-6-12(13)17/h3-4,6-7,11,14H,5,8-10H2,1-2H3,(H,18,20)/t14-/m1/s1. The molecular formula is C16H21FN2O3. The van der Waals surface area contributed by atoms with Crippen molar-refractivity contribution in [3.05, 3.63) is 30.1 Å². The smallest absolute Gasteiger partial charge is 0.410 e. The fourth-order valence-electron chi connectivity index (χ4n) is 2.36. The normalized spacial score (nSPS) is 17.6. The third-order valence-corrected chi connectivity index (χ3v) is 3.46. The topological polar surface area (TPSA) is 58.6 Å². The Hall–Kier alpha value is -2.11. The van der Waals surface area contributed by atoms with Gasteiger partial charge in [0.15, 0.2) is 0 Å². The predicted octanol–water partition coefficient (Wildman–Crippen LogP) is 3.02. The Morgan fingerprint density at radius 2 is 2.14 bits per heavy atom. The monoisotopic (exact) mass is 308 g/mol. The molecule has 0 radical (unpaired) electrons. The van der Waals surface area contributed by atoms with Crippen molar-refractivity contribution in [2.24, 2.45) is 5.92 Å². The highest BCUT2D eigenvalue weighted by Gasteiger charge is 2.35. The van der Waals surface area contributed by atoms with E-state index in [1.807, 2.05) is 13.8 Å². The van der Waals surface area contributed by atoms with E-state index in [9.17, 15) is 14.0 Å². The van der Waals surface area contributed by atoms with Gasteiger partial charge in [-0.15, -0.1) is 0 Å². The van der Waals surface area contributed by atoms with Crippen molar-refractivity contribution < 1.29 is 18.7 Å². The minimum absolute atomic E-state index is 0.120. The number of para-hydroxylation sites is 1. The Bertz CT molecular complexity index is 548. The summed E-state index contributed by atoms with van der Waals surface area (Å²) in [6.07, 6.45) is 0.795. The van der Waals surface area contributed by atoms with Gasteiger partial charge >= 0.3 is 6.09 Å². The molecule has 1 aromatic carbocycles. The SMILES string of the molecule is CC(C)COC(=O)N1CCC[C@@H]1C(=O)Nc1ccccc1F. The summed E-state index contributed by atoms with van der Waals surface area (Å²) in [7, 11) is 0. The van der Waals surface area contributed by atoms with Crippen molar-refractivity contribution in [2.45, 2.75) is 32.7 Å². The summed E-state index contributed by atoms with van der Waals surface area (Å²) in [5.74, 6) is -0.649. The van der Waals surface area contributed by atoms with Crippen molar-refractivity contribution >= 4 is 17.7 Å². The molecule has 1 aliphatic heterocycles. The van der Waals surface area contributed by atoms with Crippen LogP contribution in [0.25, 0.3) is 0 Å². The maximum absolute atomic E-state index is 13.6. The van der Waals surface area contributed by atoms with Crippen LogP contribution in [0.5, 0.6) is 0 Å². The minimum Gasteiger partial charge on any atom is -0.449 e. The average Bonchev–Trinajstić information content (AvgIpc) is 2.96. The van der Waals surface area contributed by atoms with E-state index in [1.165, 1.54) is 17.0 Å². The molecule has 1 fully saturated rings.